The Kier molecular flexibility index (Phi) is 7.91. The van der Waals surface area contributed by atoms with Gasteiger partial charge in [0.25, 0.3) is 0 Å². The van der Waals surface area contributed by atoms with Crippen LogP contribution in [0.4, 0.5) is 10.5 Å². The summed E-state index contributed by atoms with van der Waals surface area (Å²) in [6, 6.07) is 12.8. The SMILES string of the molecule is COc1ccc2nccc(OCC3CCCCC3)c2c1.O=C(O)Nc1ccc2c(c1)OCCO2. The molecule has 0 bridgehead atoms. The minimum atomic E-state index is -1.10. The molecule has 8 nitrogen and oxygen atoms in total. The van der Waals surface area contributed by atoms with Gasteiger partial charge in [0.05, 0.1) is 19.2 Å². The van der Waals surface area contributed by atoms with Crippen molar-refractivity contribution in [3.63, 3.8) is 0 Å². The molecule has 180 valence electrons. The molecule has 1 amide bonds. The largest absolute Gasteiger partial charge is 0.497 e. The summed E-state index contributed by atoms with van der Waals surface area (Å²) in [5.41, 5.74) is 1.42. The first-order chi connectivity index (χ1) is 16.6. The molecule has 2 aromatic carbocycles. The summed E-state index contributed by atoms with van der Waals surface area (Å²) < 4.78 is 21.9. The van der Waals surface area contributed by atoms with E-state index in [-0.39, 0.29) is 0 Å². The Hall–Kier alpha value is -3.68. The Balaban J connectivity index is 0.000000172. The molecule has 34 heavy (non-hydrogen) atoms. The third-order valence-corrected chi connectivity index (χ3v) is 5.90. The van der Waals surface area contributed by atoms with Crippen LogP contribution in [0.3, 0.4) is 0 Å². The van der Waals surface area contributed by atoms with Gasteiger partial charge in [-0.3, -0.25) is 10.3 Å². The van der Waals surface area contributed by atoms with Crippen LogP contribution in [0.2, 0.25) is 0 Å². The molecule has 0 spiro atoms. The summed E-state index contributed by atoms with van der Waals surface area (Å²) in [6.07, 6.45) is 7.38. The van der Waals surface area contributed by atoms with Crippen molar-refractivity contribution in [1.82, 2.24) is 4.98 Å². The number of rotatable bonds is 5. The molecule has 1 aliphatic carbocycles. The minimum Gasteiger partial charge on any atom is -0.497 e. The van der Waals surface area contributed by atoms with Gasteiger partial charge in [0.15, 0.2) is 11.5 Å². The molecule has 0 atom stereocenters. The van der Waals surface area contributed by atoms with Gasteiger partial charge >= 0.3 is 6.09 Å². The van der Waals surface area contributed by atoms with Gasteiger partial charge in [-0.05, 0) is 55.2 Å². The van der Waals surface area contributed by atoms with Crippen molar-refractivity contribution in [2.45, 2.75) is 32.1 Å². The molecule has 5 rings (SSSR count). The van der Waals surface area contributed by atoms with Crippen LogP contribution in [0, 0.1) is 5.92 Å². The Morgan fingerprint density at radius 2 is 1.85 bits per heavy atom. The number of carbonyl (C=O) groups is 1. The fourth-order valence-electron chi connectivity index (χ4n) is 4.16. The Labute approximate surface area is 198 Å². The van der Waals surface area contributed by atoms with Gasteiger partial charge in [0.2, 0.25) is 0 Å². The summed E-state index contributed by atoms with van der Waals surface area (Å²) in [7, 11) is 1.68. The highest BCUT2D eigenvalue weighted by molar-refractivity contribution is 5.86. The molecule has 3 aromatic rings. The minimum absolute atomic E-state index is 0.474. The number of aromatic nitrogens is 1. The number of nitrogens with zero attached hydrogens (tertiary/aromatic N) is 1. The van der Waals surface area contributed by atoms with Crippen molar-refractivity contribution in [2.75, 3.05) is 32.2 Å². The number of nitrogens with one attached hydrogen (secondary N) is 1. The first-order valence-corrected chi connectivity index (χ1v) is 11.6. The molecule has 2 aliphatic rings. The zero-order chi connectivity index (χ0) is 23.8. The van der Waals surface area contributed by atoms with Crippen LogP contribution in [-0.4, -0.2) is 43.1 Å². The number of hydrogen-bond acceptors (Lipinski definition) is 6. The summed E-state index contributed by atoms with van der Waals surface area (Å²) in [5.74, 6) is 3.68. The predicted molar refractivity (Wildman–Crippen MR) is 129 cm³/mol. The lowest BCUT2D eigenvalue weighted by atomic mass is 9.90. The van der Waals surface area contributed by atoms with Crippen LogP contribution in [-0.2, 0) is 0 Å². The van der Waals surface area contributed by atoms with Crippen molar-refractivity contribution in [3.05, 3.63) is 48.7 Å². The van der Waals surface area contributed by atoms with Crippen LogP contribution in [0.25, 0.3) is 10.9 Å². The summed E-state index contributed by atoms with van der Waals surface area (Å²) in [4.78, 5) is 14.7. The van der Waals surface area contributed by atoms with E-state index in [4.69, 9.17) is 24.1 Å². The predicted octanol–water partition coefficient (Wildman–Crippen LogP) is 5.75. The average Bonchev–Trinajstić information content (AvgIpc) is 2.87. The van der Waals surface area contributed by atoms with E-state index < -0.39 is 6.09 Å². The number of benzene rings is 2. The molecule has 2 heterocycles. The first kappa shape index (κ1) is 23.5. The maximum atomic E-state index is 10.4. The van der Waals surface area contributed by atoms with E-state index in [0.717, 1.165) is 29.0 Å². The van der Waals surface area contributed by atoms with Gasteiger partial charge in [-0.25, -0.2) is 4.79 Å². The van der Waals surface area contributed by atoms with Gasteiger partial charge in [0.1, 0.15) is 24.7 Å². The normalized spacial score (nSPS) is 15.1. The smallest absolute Gasteiger partial charge is 0.409 e. The molecule has 0 unspecified atom stereocenters. The second-order valence-electron chi connectivity index (χ2n) is 8.30. The van der Waals surface area contributed by atoms with E-state index in [0.29, 0.717) is 36.3 Å². The lowest BCUT2D eigenvalue weighted by Crippen LogP contribution is -2.15. The van der Waals surface area contributed by atoms with E-state index in [1.54, 1.807) is 25.3 Å². The summed E-state index contributed by atoms with van der Waals surface area (Å²) in [5, 5.41) is 11.8. The second-order valence-corrected chi connectivity index (χ2v) is 8.30. The number of methoxy groups -OCH3 is 1. The highest BCUT2D eigenvalue weighted by Crippen LogP contribution is 2.32. The highest BCUT2D eigenvalue weighted by atomic mass is 16.6. The van der Waals surface area contributed by atoms with Crippen molar-refractivity contribution >= 4 is 22.7 Å². The van der Waals surface area contributed by atoms with Crippen LogP contribution in [0.1, 0.15) is 32.1 Å². The van der Waals surface area contributed by atoms with Crippen molar-refractivity contribution in [3.8, 4) is 23.0 Å². The number of ether oxygens (including phenoxy) is 4. The number of pyridine rings is 1. The summed E-state index contributed by atoms with van der Waals surface area (Å²) >= 11 is 0. The summed E-state index contributed by atoms with van der Waals surface area (Å²) in [6.45, 7) is 1.83. The van der Waals surface area contributed by atoms with Crippen LogP contribution >= 0.6 is 0 Å². The number of hydrogen-bond donors (Lipinski definition) is 2. The van der Waals surface area contributed by atoms with Crippen LogP contribution in [0.15, 0.2) is 48.7 Å². The molecule has 2 N–H and O–H groups in total. The lowest BCUT2D eigenvalue weighted by molar-refractivity contribution is 0.171. The standard InChI is InChI=1S/C17H21NO2.C9H9NO4/c1-19-14-7-8-16-15(11-14)17(9-10-18-16)20-12-13-5-3-2-4-6-13;11-9(12)10-6-1-2-7-8(5-6)14-4-3-13-7/h7-11,13H,2-6,12H2,1H3;1-2,5,10H,3-4H2,(H,11,12). The second kappa shape index (κ2) is 11.4. The van der Waals surface area contributed by atoms with E-state index in [1.807, 2.05) is 30.5 Å². The van der Waals surface area contributed by atoms with Crippen molar-refractivity contribution in [2.24, 2.45) is 5.92 Å². The highest BCUT2D eigenvalue weighted by Gasteiger charge is 2.15. The van der Waals surface area contributed by atoms with E-state index in [9.17, 15) is 4.79 Å². The number of anilines is 1. The topological polar surface area (TPSA) is 99.1 Å². The van der Waals surface area contributed by atoms with E-state index in [2.05, 4.69) is 10.3 Å². The Morgan fingerprint density at radius 3 is 2.62 bits per heavy atom. The number of amides is 1. The molecule has 8 heteroatoms. The van der Waals surface area contributed by atoms with Crippen molar-refractivity contribution < 1.29 is 28.8 Å². The molecule has 0 saturated heterocycles. The fourth-order valence-corrected chi connectivity index (χ4v) is 4.16. The maximum absolute atomic E-state index is 10.4. The average molecular weight is 467 g/mol. The van der Waals surface area contributed by atoms with Gasteiger partial charge < -0.3 is 24.1 Å². The zero-order valence-electron chi connectivity index (χ0n) is 19.3. The zero-order valence-corrected chi connectivity index (χ0v) is 19.3. The Morgan fingerprint density at radius 1 is 1.06 bits per heavy atom. The van der Waals surface area contributed by atoms with Crippen molar-refractivity contribution in [1.29, 1.82) is 0 Å². The third kappa shape index (κ3) is 6.21. The third-order valence-electron chi connectivity index (χ3n) is 5.90. The van der Waals surface area contributed by atoms with Gasteiger partial charge in [-0.1, -0.05) is 19.3 Å². The number of carboxylic acid groups (broad SMARTS) is 1. The van der Waals surface area contributed by atoms with Gasteiger partial charge in [-0.2, -0.15) is 0 Å². The van der Waals surface area contributed by atoms with E-state index >= 15 is 0 Å². The van der Waals surface area contributed by atoms with Gasteiger partial charge in [0, 0.05) is 23.3 Å². The van der Waals surface area contributed by atoms with Crippen LogP contribution < -0.4 is 24.3 Å². The molecule has 1 fully saturated rings. The molecular weight excluding hydrogens is 436 g/mol. The van der Waals surface area contributed by atoms with Gasteiger partial charge in [-0.15, -0.1) is 0 Å². The fraction of sp³-hybridized carbons (Fsp3) is 0.385. The quantitative estimate of drug-likeness (QED) is 0.494. The maximum Gasteiger partial charge on any atom is 0.409 e. The molecule has 1 aliphatic heterocycles. The molecule has 1 aromatic heterocycles. The molecule has 1 saturated carbocycles. The van der Waals surface area contributed by atoms with Crippen LogP contribution in [0.5, 0.6) is 23.0 Å². The first-order valence-electron chi connectivity index (χ1n) is 11.6. The van der Waals surface area contributed by atoms with E-state index in [1.165, 1.54) is 32.1 Å². The lowest BCUT2D eigenvalue weighted by Gasteiger charge is -2.22. The molecule has 0 radical (unpaired) electrons. The Bertz CT molecular complexity index is 1110. The number of fused-ring (bicyclic) bond motifs is 2. The monoisotopic (exact) mass is 466 g/mol. The molecular formula is C26H30N2O6.